The van der Waals surface area contributed by atoms with Crippen molar-refractivity contribution in [1.29, 1.82) is 0 Å². The zero-order chi connectivity index (χ0) is 14.6. The maximum atomic E-state index is 11.8. The van der Waals surface area contributed by atoms with Gasteiger partial charge in [-0.15, -0.1) is 0 Å². The van der Waals surface area contributed by atoms with Crippen LogP contribution >= 0.6 is 15.9 Å². The molecule has 1 unspecified atom stereocenters. The average molecular weight is 348 g/mol. The second-order valence-corrected chi connectivity index (χ2v) is 7.19. The van der Waals surface area contributed by atoms with Crippen molar-refractivity contribution in [2.45, 2.75) is 18.6 Å². The predicted octanol–water partition coefficient (Wildman–Crippen LogP) is 2.00. The number of aliphatic carboxylic acids is 1. The van der Waals surface area contributed by atoms with Crippen molar-refractivity contribution in [2.24, 2.45) is 0 Å². The normalized spacial score (nSPS) is 12.8. The van der Waals surface area contributed by atoms with E-state index in [0.717, 1.165) is 0 Å². The molecule has 1 aromatic carbocycles. The van der Waals surface area contributed by atoms with Crippen LogP contribution < -0.4 is 5.32 Å². The van der Waals surface area contributed by atoms with Gasteiger partial charge in [-0.05, 0) is 41.9 Å². The molecule has 19 heavy (non-hydrogen) atoms. The molecule has 0 aromatic heterocycles. The lowest BCUT2D eigenvalue weighted by Crippen LogP contribution is -2.40. The maximum Gasteiger partial charge on any atom is 0.321 e. The third-order valence-corrected chi connectivity index (χ3v) is 5.02. The van der Waals surface area contributed by atoms with Gasteiger partial charge < -0.3 is 10.4 Å². The molecular formula is C12H14BrNO4S. The predicted molar refractivity (Wildman–Crippen MR) is 77.5 cm³/mol. The fourth-order valence-electron chi connectivity index (χ4n) is 1.15. The molecule has 0 fully saturated rings. The molecule has 0 aliphatic rings. The molecule has 2 N–H and O–H groups in total. The molecule has 0 radical (unpaired) electrons. The highest BCUT2D eigenvalue weighted by Crippen LogP contribution is 2.21. The third kappa shape index (κ3) is 4.14. The summed E-state index contributed by atoms with van der Waals surface area (Å²) in [5.74, 6) is -2.04. The van der Waals surface area contributed by atoms with Crippen LogP contribution in [0.2, 0.25) is 0 Å². The van der Waals surface area contributed by atoms with Crippen molar-refractivity contribution in [3.8, 4) is 0 Å². The highest BCUT2D eigenvalue weighted by Gasteiger charge is 2.35. The molecule has 0 bridgehead atoms. The van der Waals surface area contributed by atoms with Crippen LogP contribution in [-0.4, -0.2) is 31.7 Å². The number of halogens is 1. The summed E-state index contributed by atoms with van der Waals surface area (Å²) in [5, 5.41) is 11.5. The minimum absolute atomic E-state index is 0.360. The molecule has 0 saturated carbocycles. The zero-order valence-electron chi connectivity index (χ0n) is 10.5. The number of amides is 1. The molecule has 0 aliphatic heterocycles. The van der Waals surface area contributed by atoms with E-state index in [1.54, 1.807) is 24.3 Å². The van der Waals surface area contributed by atoms with Gasteiger partial charge in [-0.1, -0.05) is 12.1 Å². The zero-order valence-corrected chi connectivity index (χ0v) is 12.9. The molecule has 7 heteroatoms. The van der Waals surface area contributed by atoms with E-state index in [1.807, 2.05) is 0 Å². The molecule has 1 rings (SSSR count). The quantitative estimate of drug-likeness (QED) is 0.853. The Morgan fingerprint density at radius 1 is 1.37 bits per heavy atom. The van der Waals surface area contributed by atoms with Gasteiger partial charge in [0.1, 0.15) is 10.5 Å². The average Bonchev–Trinajstić information content (AvgIpc) is 2.31. The topological polar surface area (TPSA) is 83.5 Å². The smallest absolute Gasteiger partial charge is 0.321 e. The Kier molecular flexibility index (Phi) is 5.25. The van der Waals surface area contributed by atoms with Crippen LogP contribution in [0.25, 0.3) is 0 Å². The van der Waals surface area contributed by atoms with Gasteiger partial charge in [0.2, 0.25) is 5.91 Å². The summed E-state index contributed by atoms with van der Waals surface area (Å²) in [6.45, 7) is 2.66. The number of para-hydroxylation sites is 1. The molecule has 5 nitrogen and oxygen atoms in total. The van der Waals surface area contributed by atoms with Crippen molar-refractivity contribution in [2.75, 3.05) is 11.1 Å². The van der Waals surface area contributed by atoms with E-state index < -0.39 is 27.4 Å². The van der Waals surface area contributed by atoms with Crippen LogP contribution in [0.15, 0.2) is 28.7 Å². The van der Waals surface area contributed by atoms with Crippen molar-refractivity contribution < 1.29 is 18.9 Å². The van der Waals surface area contributed by atoms with E-state index in [4.69, 9.17) is 5.11 Å². The minimum Gasteiger partial charge on any atom is -0.480 e. The highest BCUT2D eigenvalue weighted by atomic mass is 79.9. The van der Waals surface area contributed by atoms with E-state index in [-0.39, 0.29) is 5.75 Å². The van der Waals surface area contributed by atoms with Crippen molar-refractivity contribution in [3.63, 3.8) is 0 Å². The van der Waals surface area contributed by atoms with E-state index in [1.165, 1.54) is 13.8 Å². The molecule has 0 heterocycles. The van der Waals surface area contributed by atoms with Gasteiger partial charge in [0.05, 0.1) is 5.69 Å². The highest BCUT2D eigenvalue weighted by molar-refractivity contribution is 9.10. The summed E-state index contributed by atoms with van der Waals surface area (Å²) in [4.78, 5) is 22.7. The summed E-state index contributed by atoms with van der Waals surface area (Å²) in [5.41, 5.74) is 0.553. The molecule has 104 valence electrons. The minimum atomic E-state index is -1.80. The lowest BCUT2D eigenvalue weighted by atomic mass is 10.2. The van der Waals surface area contributed by atoms with Crippen LogP contribution in [0.4, 0.5) is 5.69 Å². The Bertz CT molecular complexity index is 530. The molecule has 0 saturated heterocycles. The first kappa shape index (κ1) is 15.8. The molecule has 0 aliphatic carbocycles. The van der Waals surface area contributed by atoms with Crippen molar-refractivity contribution in [3.05, 3.63) is 28.7 Å². The van der Waals surface area contributed by atoms with Gasteiger partial charge in [0.15, 0.2) is 0 Å². The third-order valence-electron chi connectivity index (χ3n) is 2.49. The summed E-state index contributed by atoms with van der Waals surface area (Å²) in [7, 11) is -1.80. The van der Waals surface area contributed by atoms with Crippen LogP contribution in [0.1, 0.15) is 13.8 Å². The van der Waals surface area contributed by atoms with E-state index in [2.05, 4.69) is 21.2 Å². The lowest BCUT2D eigenvalue weighted by Gasteiger charge is -2.18. The molecule has 0 spiro atoms. The van der Waals surface area contributed by atoms with Crippen molar-refractivity contribution in [1.82, 2.24) is 0 Å². The second kappa shape index (κ2) is 6.29. The number of hydrogen-bond acceptors (Lipinski definition) is 3. The largest absolute Gasteiger partial charge is 0.480 e. The first-order valence-corrected chi connectivity index (χ1v) is 7.52. The van der Waals surface area contributed by atoms with Crippen LogP contribution in [0.5, 0.6) is 0 Å². The van der Waals surface area contributed by atoms with Gasteiger partial charge in [-0.3, -0.25) is 13.8 Å². The van der Waals surface area contributed by atoms with Gasteiger partial charge in [0.25, 0.3) is 0 Å². The number of hydrogen-bond donors (Lipinski definition) is 2. The number of carboxylic acid groups (broad SMARTS) is 1. The number of carbonyl (C=O) groups excluding carboxylic acids is 1. The van der Waals surface area contributed by atoms with Crippen LogP contribution in [0.3, 0.4) is 0 Å². The number of rotatable bonds is 5. The lowest BCUT2D eigenvalue weighted by molar-refractivity contribution is -0.139. The first-order valence-electron chi connectivity index (χ1n) is 5.41. The Balaban J connectivity index is 2.70. The summed E-state index contributed by atoms with van der Waals surface area (Å²) in [6.07, 6.45) is 0. The standard InChI is InChI=1S/C12H14BrNO4S/c1-12(2,11(16)17)19(18)7-10(15)14-9-6-4-3-5-8(9)13/h3-6H,7H2,1-2H3,(H,14,15)(H,16,17). The van der Waals surface area contributed by atoms with Gasteiger partial charge in [0, 0.05) is 15.3 Å². The number of carbonyl (C=O) groups is 2. The van der Waals surface area contributed by atoms with E-state index >= 15 is 0 Å². The number of anilines is 1. The monoisotopic (exact) mass is 347 g/mol. The van der Waals surface area contributed by atoms with Crippen LogP contribution in [0, 0.1) is 0 Å². The molecule has 1 amide bonds. The Labute approximate surface area is 122 Å². The summed E-state index contributed by atoms with van der Waals surface area (Å²) >= 11 is 3.27. The summed E-state index contributed by atoms with van der Waals surface area (Å²) < 4.78 is 11.1. The van der Waals surface area contributed by atoms with Gasteiger partial charge in [-0.25, -0.2) is 0 Å². The van der Waals surface area contributed by atoms with Crippen LogP contribution in [-0.2, 0) is 20.4 Å². The Morgan fingerprint density at radius 3 is 2.47 bits per heavy atom. The maximum absolute atomic E-state index is 11.8. The van der Waals surface area contributed by atoms with Crippen molar-refractivity contribution >= 4 is 44.3 Å². The van der Waals surface area contributed by atoms with E-state index in [9.17, 15) is 13.8 Å². The van der Waals surface area contributed by atoms with Gasteiger partial charge >= 0.3 is 5.97 Å². The fourth-order valence-corrected chi connectivity index (χ4v) is 2.40. The first-order chi connectivity index (χ1) is 8.75. The number of nitrogens with one attached hydrogen (secondary N) is 1. The number of carboxylic acids is 1. The Hall–Kier alpha value is -1.21. The second-order valence-electron chi connectivity index (χ2n) is 4.33. The fraction of sp³-hybridized carbons (Fsp3) is 0.333. The van der Waals surface area contributed by atoms with Gasteiger partial charge in [-0.2, -0.15) is 0 Å². The molecular weight excluding hydrogens is 334 g/mol. The Morgan fingerprint density at radius 2 is 1.95 bits per heavy atom. The summed E-state index contributed by atoms with van der Waals surface area (Å²) in [6, 6.07) is 6.99. The van der Waals surface area contributed by atoms with E-state index in [0.29, 0.717) is 10.2 Å². The molecule has 1 atom stereocenters. The molecule has 1 aromatic rings. The SMILES string of the molecule is CC(C)(C(=O)O)S(=O)CC(=O)Nc1ccccc1Br. The number of benzene rings is 1.